The molecule has 1 aliphatic heterocycles. The Morgan fingerprint density at radius 3 is 2.56 bits per heavy atom. The third kappa shape index (κ3) is 4.91. The maximum atomic E-state index is 13.1. The number of carbonyl (C=O) groups excluding carboxylic acids is 2. The summed E-state index contributed by atoms with van der Waals surface area (Å²) in [5.74, 6) is -2.33. The molecule has 0 atom stereocenters. The molecule has 2 aromatic carbocycles. The number of hydrogen-bond donors (Lipinski definition) is 0. The molecule has 3 rings (SSSR count). The molecule has 0 amide bonds. The maximum absolute atomic E-state index is 13.1. The van der Waals surface area contributed by atoms with Crippen LogP contribution < -0.4 is 9.47 Å². The van der Waals surface area contributed by atoms with Crippen molar-refractivity contribution in [1.82, 2.24) is 0 Å². The van der Waals surface area contributed by atoms with E-state index in [-0.39, 0.29) is 5.56 Å². The summed E-state index contributed by atoms with van der Waals surface area (Å²) >= 11 is 0. The van der Waals surface area contributed by atoms with Crippen molar-refractivity contribution < 1.29 is 32.6 Å². The number of halogens is 2. The highest BCUT2D eigenvalue weighted by molar-refractivity contribution is 5.98. The number of Topliss-reactive ketones (excluding diaryl/α,β-unsaturated/α-hetero) is 1. The summed E-state index contributed by atoms with van der Waals surface area (Å²) in [6, 6.07) is 7.97. The highest BCUT2D eigenvalue weighted by Gasteiger charge is 2.12. The quantitative estimate of drug-likeness (QED) is 0.455. The molecule has 2 aromatic rings. The van der Waals surface area contributed by atoms with E-state index in [9.17, 15) is 18.4 Å². The Balaban J connectivity index is 1.56. The van der Waals surface area contributed by atoms with Gasteiger partial charge in [-0.3, -0.25) is 4.79 Å². The second-order valence-corrected chi connectivity index (χ2v) is 5.75. The molecule has 1 heterocycles. The minimum Gasteiger partial charge on any atom is -0.490 e. The van der Waals surface area contributed by atoms with Gasteiger partial charge in [0.05, 0.1) is 13.2 Å². The maximum Gasteiger partial charge on any atom is 0.331 e. The van der Waals surface area contributed by atoms with E-state index in [0.717, 1.165) is 30.7 Å². The molecule has 0 aromatic heterocycles. The first-order valence-electron chi connectivity index (χ1n) is 8.25. The minimum absolute atomic E-state index is 0.0754. The summed E-state index contributed by atoms with van der Waals surface area (Å²) in [5.41, 5.74) is 0.622. The van der Waals surface area contributed by atoms with E-state index in [2.05, 4.69) is 0 Å². The molecule has 27 heavy (non-hydrogen) atoms. The van der Waals surface area contributed by atoms with Gasteiger partial charge < -0.3 is 14.2 Å². The van der Waals surface area contributed by atoms with Crippen molar-refractivity contribution in [2.45, 2.75) is 6.42 Å². The van der Waals surface area contributed by atoms with Crippen LogP contribution in [0, 0.1) is 11.6 Å². The van der Waals surface area contributed by atoms with E-state index in [1.165, 1.54) is 6.08 Å². The first-order valence-corrected chi connectivity index (χ1v) is 8.25. The number of ketones is 1. The van der Waals surface area contributed by atoms with Gasteiger partial charge >= 0.3 is 5.97 Å². The van der Waals surface area contributed by atoms with E-state index in [0.29, 0.717) is 30.3 Å². The van der Waals surface area contributed by atoms with Crippen molar-refractivity contribution in [3.8, 4) is 11.5 Å². The van der Waals surface area contributed by atoms with Gasteiger partial charge in [0.2, 0.25) is 0 Å². The second kappa shape index (κ2) is 8.44. The first-order chi connectivity index (χ1) is 13.0. The summed E-state index contributed by atoms with van der Waals surface area (Å²) in [6.07, 6.45) is 3.47. The molecule has 0 spiro atoms. The van der Waals surface area contributed by atoms with Crippen LogP contribution in [-0.4, -0.2) is 31.6 Å². The van der Waals surface area contributed by atoms with Crippen molar-refractivity contribution >= 4 is 17.8 Å². The van der Waals surface area contributed by atoms with Crippen LogP contribution in [0.25, 0.3) is 6.08 Å². The van der Waals surface area contributed by atoms with Gasteiger partial charge in [-0.05, 0) is 42.0 Å². The number of ether oxygens (including phenoxy) is 3. The van der Waals surface area contributed by atoms with Gasteiger partial charge in [-0.1, -0.05) is 6.07 Å². The highest BCUT2D eigenvalue weighted by atomic mass is 19.2. The van der Waals surface area contributed by atoms with Gasteiger partial charge in [-0.15, -0.1) is 0 Å². The SMILES string of the molecule is O=C(/C=C/c1ccc2c(c1)OCCCO2)OCC(=O)c1ccc(F)c(F)c1. The Kier molecular flexibility index (Phi) is 5.80. The summed E-state index contributed by atoms with van der Waals surface area (Å²) in [4.78, 5) is 23.6. The van der Waals surface area contributed by atoms with Crippen molar-refractivity contribution in [1.29, 1.82) is 0 Å². The molecule has 140 valence electrons. The van der Waals surface area contributed by atoms with E-state index < -0.39 is 30.0 Å². The van der Waals surface area contributed by atoms with E-state index >= 15 is 0 Å². The Labute approximate surface area is 154 Å². The van der Waals surface area contributed by atoms with Crippen LogP contribution in [0.2, 0.25) is 0 Å². The third-order valence-corrected chi connectivity index (χ3v) is 3.77. The van der Waals surface area contributed by atoms with E-state index in [1.54, 1.807) is 18.2 Å². The van der Waals surface area contributed by atoms with Crippen LogP contribution in [0.3, 0.4) is 0 Å². The van der Waals surface area contributed by atoms with Crippen molar-refractivity contribution in [3.63, 3.8) is 0 Å². The molecule has 0 bridgehead atoms. The molecule has 0 saturated carbocycles. The van der Waals surface area contributed by atoms with Crippen LogP contribution in [-0.2, 0) is 9.53 Å². The van der Waals surface area contributed by atoms with Gasteiger partial charge in [-0.25, -0.2) is 13.6 Å². The average molecular weight is 374 g/mol. The summed E-state index contributed by atoms with van der Waals surface area (Å²) in [7, 11) is 0. The summed E-state index contributed by atoms with van der Waals surface area (Å²) in [6.45, 7) is 0.560. The van der Waals surface area contributed by atoms with Crippen LogP contribution in [0.15, 0.2) is 42.5 Å². The van der Waals surface area contributed by atoms with Gasteiger partial charge in [0.1, 0.15) is 0 Å². The fourth-order valence-electron chi connectivity index (χ4n) is 2.39. The molecular formula is C20H16F2O5. The van der Waals surface area contributed by atoms with E-state index in [4.69, 9.17) is 14.2 Å². The molecule has 0 fully saturated rings. The lowest BCUT2D eigenvalue weighted by molar-refractivity contribution is -0.136. The average Bonchev–Trinajstić information content (AvgIpc) is 2.91. The normalized spacial score (nSPS) is 13.3. The highest BCUT2D eigenvalue weighted by Crippen LogP contribution is 2.30. The molecule has 0 radical (unpaired) electrons. The predicted octanol–water partition coefficient (Wildman–Crippen LogP) is 3.57. The lowest BCUT2D eigenvalue weighted by atomic mass is 10.1. The predicted molar refractivity (Wildman–Crippen MR) is 92.7 cm³/mol. The van der Waals surface area contributed by atoms with Crippen LogP contribution in [0.5, 0.6) is 11.5 Å². The summed E-state index contributed by atoms with van der Waals surface area (Å²) in [5, 5.41) is 0. The van der Waals surface area contributed by atoms with Crippen LogP contribution >= 0.6 is 0 Å². The van der Waals surface area contributed by atoms with Crippen LogP contribution in [0.4, 0.5) is 8.78 Å². The van der Waals surface area contributed by atoms with Crippen molar-refractivity contribution in [2.75, 3.05) is 19.8 Å². The fraction of sp³-hybridized carbons (Fsp3) is 0.200. The van der Waals surface area contributed by atoms with Crippen molar-refractivity contribution in [3.05, 3.63) is 65.2 Å². The van der Waals surface area contributed by atoms with Gasteiger partial charge in [0, 0.05) is 18.1 Å². The monoisotopic (exact) mass is 374 g/mol. The number of hydrogen-bond acceptors (Lipinski definition) is 5. The molecule has 7 heteroatoms. The third-order valence-electron chi connectivity index (χ3n) is 3.77. The van der Waals surface area contributed by atoms with Crippen LogP contribution in [0.1, 0.15) is 22.3 Å². The molecule has 1 aliphatic rings. The molecule has 0 unspecified atom stereocenters. The molecule has 5 nitrogen and oxygen atoms in total. The lowest BCUT2D eigenvalue weighted by Crippen LogP contribution is -2.13. The summed E-state index contributed by atoms with van der Waals surface area (Å²) < 4.78 is 41.9. The Morgan fingerprint density at radius 1 is 1.00 bits per heavy atom. The zero-order valence-corrected chi connectivity index (χ0v) is 14.2. The minimum atomic E-state index is -1.14. The second-order valence-electron chi connectivity index (χ2n) is 5.75. The van der Waals surface area contributed by atoms with E-state index in [1.807, 2.05) is 0 Å². The first kappa shape index (κ1) is 18.6. The zero-order valence-electron chi connectivity index (χ0n) is 14.2. The van der Waals surface area contributed by atoms with Gasteiger partial charge in [0.15, 0.2) is 35.5 Å². The number of esters is 1. The lowest BCUT2D eigenvalue weighted by Gasteiger charge is -2.07. The van der Waals surface area contributed by atoms with Gasteiger partial charge in [-0.2, -0.15) is 0 Å². The fourth-order valence-corrected chi connectivity index (χ4v) is 2.39. The molecule has 0 N–H and O–H groups in total. The number of carbonyl (C=O) groups is 2. The molecule has 0 saturated heterocycles. The smallest absolute Gasteiger partial charge is 0.331 e. The number of fused-ring (bicyclic) bond motifs is 1. The molecule has 0 aliphatic carbocycles. The Bertz CT molecular complexity index is 892. The Hall–Kier alpha value is -3.22. The molecular weight excluding hydrogens is 358 g/mol. The number of rotatable bonds is 5. The van der Waals surface area contributed by atoms with Gasteiger partial charge in [0.25, 0.3) is 0 Å². The number of benzene rings is 2. The largest absolute Gasteiger partial charge is 0.490 e. The Morgan fingerprint density at radius 2 is 1.78 bits per heavy atom. The van der Waals surface area contributed by atoms with Crippen molar-refractivity contribution in [2.24, 2.45) is 0 Å². The zero-order chi connectivity index (χ0) is 19.2. The standard InChI is InChI=1S/C20H16F2O5/c21-15-5-4-14(11-16(15)22)17(23)12-27-20(24)7-3-13-2-6-18-19(10-13)26-9-1-8-25-18/h2-7,10-11H,1,8-9,12H2/b7-3+. The topological polar surface area (TPSA) is 61.8 Å².